The summed E-state index contributed by atoms with van der Waals surface area (Å²) in [6.07, 6.45) is 4.80. The Morgan fingerprint density at radius 1 is 0.909 bits per heavy atom. The first-order valence-electron chi connectivity index (χ1n) is 12.1. The number of ether oxygens (including phenoxy) is 3. The largest absolute Gasteiger partial charge is 0.485 e. The predicted octanol–water partition coefficient (Wildman–Crippen LogP) is 1.32. The van der Waals surface area contributed by atoms with E-state index in [4.69, 9.17) is 14.2 Å². The standard InChI is InChI=1S/C23H33N3O6S/c27-23(25-12-14-30-15-13-25)22-17-31-21-16-19(4-5-20(21)32-22)33(28,29)26-10-6-18(7-11-26)24-8-2-1-3-9-24/h4-5,16,18,22H,1-3,6-15,17H2/t22-/m1/s1. The van der Waals surface area contributed by atoms with Crippen LogP contribution < -0.4 is 9.47 Å². The molecule has 182 valence electrons. The molecule has 1 aromatic carbocycles. The number of carbonyl (C=O) groups is 1. The van der Waals surface area contributed by atoms with Gasteiger partial charge < -0.3 is 24.0 Å². The third-order valence-corrected chi connectivity index (χ3v) is 9.04. The second-order valence-electron chi connectivity index (χ2n) is 9.20. The first-order valence-corrected chi connectivity index (χ1v) is 13.5. The molecule has 4 heterocycles. The van der Waals surface area contributed by atoms with E-state index < -0.39 is 16.1 Å². The van der Waals surface area contributed by atoms with Crippen molar-refractivity contribution in [3.63, 3.8) is 0 Å². The van der Waals surface area contributed by atoms with Crippen molar-refractivity contribution in [2.24, 2.45) is 0 Å². The number of rotatable bonds is 4. The van der Waals surface area contributed by atoms with Crippen LogP contribution in [0, 0.1) is 0 Å². The van der Waals surface area contributed by atoms with Crippen LogP contribution >= 0.6 is 0 Å². The molecular formula is C23H33N3O6S. The summed E-state index contributed by atoms with van der Waals surface area (Å²) < 4.78 is 45.1. The molecule has 0 saturated carbocycles. The topological polar surface area (TPSA) is 88.6 Å². The van der Waals surface area contributed by atoms with Crippen molar-refractivity contribution < 1.29 is 27.4 Å². The maximum atomic E-state index is 13.3. The van der Waals surface area contributed by atoms with Crippen LogP contribution in [0.4, 0.5) is 0 Å². The highest BCUT2D eigenvalue weighted by Gasteiger charge is 2.35. The molecule has 1 atom stereocenters. The van der Waals surface area contributed by atoms with Crippen LogP contribution in [-0.2, 0) is 19.6 Å². The van der Waals surface area contributed by atoms with Crippen molar-refractivity contribution >= 4 is 15.9 Å². The zero-order valence-corrected chi connectivity index (χ0v) is 19.8. The van der Waals surface area contributed by atoms with Crippen LogP contribution in [0.1, 0.15) is 32.1 Å². The summed E-state index contributed by atoms with van der Waals surface area (Å²) in [5.41, 5.74) is 0. The van der Waals surface area contributed by atoms with Crippen molar-refractivity contribution in [3.8, 4) is 11.5 Å². The van der Waals surface area contributed by atoms with Gasteiger partial charge in [0.15, 0.2) is 11.5 Å². The number of piperidine rings is 2. The lowest BCUT2D eigenvalue weighted by atomic mass is 10.0. The van der Waals surface area contributed by atoms with Crippen molar-refractivity contribution in [2.75, 3.05) is 59.1 Å². The lowest BCUT2D eigenvalue weighted by Crippen LogP contribution is -2.50. The summed E-state index contributed by atoms with van der Waals surface area (Å²) in [6, 6.07) is 5.16. The van der Waals surface area contributed by atoms with Gasteiger partial charge in [0, 0.05) is 38.3 Å². The third-order valence-electron chi connectivity index (χ3n) is 7.14. The molecule has 0 bridgehead atoms. The maximum absolute atomic E-state index is 13.3. The van der Waals surface area contributed by atoms with Crippen LogP contribution in [-0.4, -0.2) is 99.7 Å². The second-order valence-corrected chi connectivity index (χ2v) is 11.1. The fourth-order valence-corrected chi connectivity index (χ4v) is 6.69. The zero-order valence-electron chi connectivity index (χ0n) is 19.0. The molecule has 1 aromatic rings. The normalized spacial score (nSPS) is 25.7. The number of hydrogen-bond donors (Lipinski definition) is 0. The molecule has 0 spiro atoms. The van der Waals surface area contributed by atoms with E-state index >= 15 is 0 Å². The predicted molar refractivity (Wildman–Crippen MR) is 121 cm³/mol. The molecule has 3 saturated heterocycles. The van der Waals surface area contributed by atoms with Crippen LogP contribution in [0.3, 0.4) is 0 Å². The minimum Gasteiger partial charge on any atom is -0.485 e. The monoisotopic (exact) mass is 479 g/mol. The van der Waals surface area contributed by atoms with Gasteiger partial charge in [-0.3, -0.25) is 4.79 Å². The number of morpholine rings is 1. The Kier molecular flexibility index (Phi) is 6.78. The number of fused-ring (bicyclic) bond motifs is 1. The van der Waals surface area contributed by atoms with Crippen LogP contribution in [0.25, 0.3) is 0 Å². The fraction of sp³-hybridized carbons (Fsp3) is 0.696. The van der Waals surface area contributed by atoms with Crippen molar-refractivity contribution in [2.45, 2.75) is 49.1 Å². The van der Waals surface area contributed by atoms with E-state index in [2.05, 4.69) is 4.90 Å². The molecule has 33 heavy (non-hydrogen) atoms. The first kappa shape index (κ1) is 22.9. The molecule has 0 unspecified atom stereocenters. The highest BCUT2D eigenvalue weighted by Crippen LogP contribution is 2.35. The highest BCUT2D eigenvalue weighted by molar-refractivity contribution is 7.89. The Hall–Kier alpha value is -1.88. The van der Waals surface area contributed by atoms with Crippen molar-refractivity contribution in [3.05, 3.63) is 18.2 Å². The lowest BCUT2D eigenvalue weighted by Gasteiger charge is -2.39. The van der Waals surface area contributed by atoms with Crippen molar-refractivity contribution in [1.82, 2.24) is 14.1 Å². The van der Waals surface area contributed by atoms with E-state index in [-0.39, 0.29) is 17.4 Å². The molecule has 0 aromatic heterocycles. The fourth-order valence-electron chi connectivity index (χ4n) is 5.20. The molecule has 10 heteroatoms. The maximum Gasteiger partial charge on any atom is 0.267 e. The Bertz CT molecular complexity index is 951. The summed E-state index contributed by atoms with van der Waals surface area (Å²) in [4.78, 5) is 17.2. The second kappa shape index (κ2) is 9.77. The van der Waals surface area contributed by atoms with E-state index in [0.29, 0.717) is 56.9 Å². The number of benzene rings is 1. The smallest absolute Gasteiger partial charge is 0.267 e. The van der Waals surface area contributed by atoms with Gasteiger partial charge in [-0.25, -0.2) is 8.42 Å². The van der Waals surface area contributed by atoms with E-state index in [9.17, 15) is 13.2 Å². The molecule has 5 rings (SSSR count). The number of sulfonamides is 1. The number of likely N-dealkylation sites (tertiary alicyclic amines) is 1. The van der Waals surface area contributed by atoms with Gasteiger partial charge in [0.2, 0.25) is 16.1 Å². The molecule has 4 aliphatic heterocycles. The van der Waals surface area contributed by atoms with Gasteiger partial charge in [0.05, 0.1) is 18.1 Å². The van der Waals surface area contributed by atoms with E-state index in [0.717, 1.165) is 25.9 Å². The molecule has 0 radical (unpaired) electrons. The van der Waals surface area contributed by atoms with Gasteiger partial charge in [0.1, 0.15) is 6.61 Å². The molecular weight excluding hydrogens is 446 g/mol. The molecule has 1 amide bonds. The van der Waals surface area contributed by atoms with Gasteiger partial charge >= 0.3 is 0 Å². The van der Waals surface area contributed by atoms with E-state index in [1.54, 1.807) is 21.3 Å². The van der Waals surface area contributed by atoms with Crippen LogP contribution in [0.2, 0.25) is 0 Å². The van der Waals surface area contributed by atoms with Crippen LogP contribution in [0.15, 0.2) is 23.1 Å². The summed E-state index contributed by atoms with van der Waals surface area (Å²) in [5.74, 6) is 0.637. The zero-order chi connectivity index (χ0) is 22.8. The summed E-state index contributed by atoms with van der Waals surface area (Å²) in [7, 11) is -3.61. The Morgan fingerprint density at radius 3 is 2.36 bits per heavy atom. The average Bonchev–Trinajstić information content (AvgIpc) is 2.88. The van der Waals surface area contributed by atoms with Gasteiger partial charge in [-0.2, -0.15) is 4.31 Å². The molecule has 4 aliphatic rings. The third kappa shape index (κ3) is 4.84. The summed E-state index contributed by atoms with van der Waals surface area (Å²) in [5, 5.41) is 0. The molecule has 0 aliphatic carbocycles. The Labute approximate surface area is 195 Å². The summed E-state index contributed by atoms with van der Waals surface area (Å²) in [6.45, 7) is 5.52. The van der Waals surface area contributed by atoms with Crippen LogP contribution in [0.5, 0.6) is 11.5 Å². The molecule has 3 fully saturated rings. The van der Waals surface area contributed by atoms with E-state index in [1.165, 1.54) is 25.3 Å². The van der Waals surface area contributed by atoms with Crippen molar-refractivity contribution in [1.29, 1.82) is 0 Å². The van der Waals surface area contributed by atoms with Gasteiger partial charge in [-0.1, -0.05) is 6.42 Å². The quantitative estimate of drug-likeness (QED) is 0.644. The number of carbonyl (C=O) groups excluding carboxylic acids is 1. The van der Waals surface area contributed by atoms with Gasteiger partial charge in [-0.15, -0.1) is 0 Å². The number of amides is 1. The van der Waals surface area contributed by atoms with Gasteiger partial charge in [-0.05, 0) is 50.9 Å². The molecule has 9 nitrogen and oxygen atoms in total. The lowest BCUT2D eigenvalue weighted by molar-refractivity contribution is -0.145. The summed E-state index contributed by atoms with van der Waals surface area (Å²) >= 11 is 0. The SMILES string of the molecule is O=C([C@H]1COc2cc(S(=O)(=O)N3CCC(N4CCCCC4)CC3)ccc2O1)N1CCOCC1. The Morgan fingerprint density at radius 2 is 1.64 bits per heavy atom. The first-order chi connectivity index (χ1) is 16.0. The average molecular weight is 480 g/mol. The minimum absolute atomic E-state index is 0.0634. The minimum atomic E-state index is -3.61. The van der Waals surface area contributed by atoms with Gasteiger partial charge in [0.25, 0.3) is 5.91 Å². The molecule has 0 N–H and O–H groups in total. The highest BCUT2D eigenvalue weighted by atomic mass is 32.2. The number of hydrogen-bond acceptors (Lipinski definition) is 7. The number of nitrogens with zero attached hydrogens (tertiary/aromatic N) is 3. The van der Waals surface area contributed by atoms with E-state index in [1.807, 2.05) is 0 Å². The Balaban J connectivity index is 1.22.